The molecule has 0 radical (unpaired) electrons. The Bertz CT molecular complexity index is 510. The lowest BCUT2D eigenvalue weighted by atomic mass is 9.98. The lowest BCUT2D eigenvalue weighted by Gasteiger charge is -2.31. The van der Waals surface area contributed by atoms with Crippen LogP contribution in [0.25, 0.3) is 0 Å². The molecule has 0 aliphatic carbocycles. The van der Waals surface area contributed by atoms with Gasteiger partial charge < -0.3 is 10.2 Å². The monoisotopic (exact) mass is 302 g/mol. The van der Waals surface area contributed by atoms with Crippen molar-refractivity contribution in [2.75, 3.05) is 25.0 Å². The number of anilines is 1. The van der Waals surface area contributed by atoms with Crippen LogP contribution in [0.3, 0.4) is 0 Å². The third-order valence-electron chi connectivity index (χ3n) is 4.58. The molecule has 1 heterocycles. The molecule has 2 rings (SSSR count). The lowest BCUT2D eigenvalue weighted by molar-refractivity contribution is -0.132. The zero-order valence-corrected chi connectivity index (χ0v) is 14.5. The number of aryl methyl sites for hydroxylation is 1. The summed E-state index contributed by atoms with van der Waals surface area (Å²) in [4.78, 5) is 14.4. The standard InChI is InChI=1S/C19H30N2O/c1-14(2)17-9-5-8-16(4)19(17)20-11-10-18(22)21-12-6-7-15(3)13-21/h5,8-9,14-15,20H,6-7,10-13H2,1-4H3. The number of para-hydroxylation sites is 1. The van der Waals surface area contributed by atoms with Gasteiger partial charge in [-0.1, -0.05) is 39.0 Å². The summed E-state index contributed by atoms with van der Waals surface area (Å²) in [6.45, 7) is 11.4. The van der Waals surface area contributed by atoms with Crippen LogP contribution in [0.2, 0.25) is 0 Å². The normalized spacial score (nSPS) is 18.6. The summed E-state index contributed by atoms with van der Waals surface area (Å²) in [6, 6.07) is 6.41. The van der Waals surface area contributed by atoms with Crippen LogP contribution in [-0.4, -0.2) is 30.4 Å². The van der Waals surface area contributed by atoms with Crippen molar-refractivity contribution < 1.29 is 4.79 Å². The van der Waals surface area contributed by atoms with Crippen molar-refractivity contribution in [2.24, 2.45) is 5.92 Å². The second-order valence-electron chi connectivity index (χ2n) is 6.96. The van der Waals surface area contributed by atoms with E-state index in [1.807, 2.05) is 4.90 Å². The maximum Gasteiger partial charge on any atom is 0.224 e. The van der Waals surface area contributed by atoms with Gasteiger partial charge in [-0.25, -0.2) is 0 Å². The molecule has 1 aliphatic rings. The van der Waals surface area contributed by atoms with Crippen LogP contribution in [-0.2, 0) is 4.79 Å². The second kappa shape index (κ2) is 7.66. The summed E-state index contributed by atoms with van der Waals surface area (Å²) in [5, 5.41) is 3.50. The van der Waals surface area contributed by atoms with Crippen LogP contribution in [0.15, 0.2) is 18.2 Å². The number of rotatable bonds is 5. The van der Waals surface area contributed by atoms with Gasteiger partial charge in [0, 0.05) is 31.7 Å². The van der Waals surface area contributed by atoms with Crippen molar-refractivity contribution in [1.29, 1.82) is 0 Å². The van der Waals surface area contributed by atoms with E-state index in [9.17, 15) is 4.79 Å². The zero-order chi connectivity index (χ0) is 16.1. The fourth-order valence-corrected chi connectivity index (χ4v) is 3.28. The summed E-state index contributed by atoms with van der Waals surface area (Å²) < 4.78 is 0. The molecule has 3 nitrogen and oxygen atoms in total. The molecule has 1 fully saturated rings. The number of benzene rings is 1. The van der Waals surface area contributed by atoms with E-state index in [0.717, 1.165) is 19.5 Å². The molecule has 1 aliphatic heterocycles. The van der Waals surface area contributed by atoms with Gasteiger partial charge in [-0.15, -0.1) is 0 Å². The van der Waals surface area contributed by atoms with E-state index in [0.29, 0.717) is 30.7 Å². The van der Waals surface area contributed by atoms with Gasteiger partial charge in [0.2, 0.25) is 5.91 Å². The van der Waals surface area contributed by atoms with Crippen LogP contribution in [0.5, 0.6) is 0 Å². The van der Waals surface area contributed by atoms with Gasteiger partial charge in [0.05, 0.1) is 0 Å². The van der Waals surface area contributed by atoms with Gasteiger partial charge in [0.15, 0.2) is 0 Å². The SMILES string of the molecule is Cc1cccc(C(C)C)c1NCCC(=O)N1CCCC(C)C1. The van der Waals surface area contributed by atoms with Crippen molar-refractivity contribution in [2.45, 2.75) is 52.9 Å². The molecule has 3 heteroatoms. The predicted molar refractivity (Wildman–Crippen MR) is 93.4 cm³/mol. The van der Waals surface area contributed by atoms with Crippen molar-refractivity contribution in [1.82, 2.24) is 4.90 Å². The third-order valence-corrected chi connectivity index (χ3v) is 4.58. The molecule has 0 saturated carbocycles. The van der Waals surface area contributed by atoms with Crippen LogP contribution in [0, 0.1) is 12.8 Å². The molecular formula is C19H30N2O. The molecule has 0 bridgehead atoms. The summed E-state index contributed by atoms with van der Waals surface area (Å²) in [6.07, 6.45) is 2.98. The van der Waals surface area contributed by atoms with Gasteiger partial charge in [-0.2, -0.15) is 0 Å². The summed E-state index contributed by atoms with van der Waals surface area (Å²) in [7, 11) is 0. The average molecular weight is 302 g/mol. The van der Waals surface area contributed by atoms with E-state index in [4.69, 9.17) is 0 Å². The van der Waals surface area contributed by atoms with E-state index < -0.39 is 0 Å². The number of hydrogen-bond acceptors (Lipinski definition) is 2. The minimum Gasteiger partial charge on any atom is -0.384 e. The number of piperidine rings is 1. The minimum atomic E-state index is 0.290. The molecular weight excluding hydrogens is 272 g/mol. The van der Waals surface area contributed by atoms with Crippen molar-refractivity contribution in [3.05, 3.63) is 29.3 Å². The van der Waals surface area contributed by atoms with Gasteiger partial charge >= 0.3 is 0 Å². The number of hydrogen-bond donors (Lipinski definition) is 1. The minimum absolute atomic E-state index is 0.290. The molecule has 1 aromatic rings. The van der Waals surface area contributed by atoms with Gasteiger partial charge in [0.25, 0.3) is 0 Å². The molecule has 0 aromatic heterocycles. The van der Waals surface area contributed by atoms with Gasteiger partial charge in [0.1, 0.15) is 0 Å². The Morgan fingerprint density at radius 3 is 2.86 bits per heavy atom. The average Bonchev–Trinajstić information content (AvgIpc) is 2.48. The third kappa shape index (κ3) is 4.25. The fourth-order valence-electron chi connectivity index (χ4n) is 3.28. The number of nitrogens with zero attached hydrogens (tertiary/aromatic N) is 1. The Labute approximate surface area is 135 Å². The lowest BCUT2D eigenvalue weighted by Crippen LogP contribution is -2.39. The highest BCUT2D eigenvalue weighted by atomic mass is 16.2. The topological polar surface area (TPSA) is 32.3 Å². The van der Waals surface area contributed by atoms with Crippen LogP contribution >= 0.6 is 0 Å². The van der Waals surface area contributed by atoms with E-state index in [1.165, 1.54) is 23.2 Å². The first-order chi connectivity index (χ1) is 10.5. The molecule has 0 spiro atoms. The predicted octanol–water partition coefficient (Wildman–Crippen LogP) is 4.18. The summed E-state index contributed by atoms with van der Waals surface area (Å²) >= 11 is 0. The highest BCUT2D eigenvalue weighted by Crippen LogP contribution is 2.27. The number of carbonyl (C=O) groups excluding carboxylic acids is 1. The molecule has 1 aromatic carbocycles. The Balaban J connectivity index is 1.90. The number of likely N-dealkylation sites (tertiary alicyclic amines) is 1. The van der Waals surface area contributed by atoms with E-state index in [-0.39, 0.29) is 0 Å². The molecule has 1 atom stereocenters. The number of nitrogens with one attached hydrogen (secondary N) is 1. The maximum atomic E-state index is 12.3. The highest BCUT2D eigenvalue weighted by Gasteiger charge is 2.20. The summed E-state index contributed by atoms with van der Waals surface area (Å²) in [5.74, 6) is 1.43. The van der Waals surface area contributed by atoms with Crippen LogP contribution in [0.4, 0.5) is 5.69 Å². The van der Waals surface area contributed by atoms with E-state index in [2.05, 4.69) is 51.2 Å². The second-order valence-corrected chi connectivity index (χ2v) is 6.96. The molecule has 1 amide bonds. The molecule has 1 saturated heterocycles. The fraction of sp³-hybridized carbons (Fsp3) is 0.632. The largest absolute Gasteiger partial charge is 0.384 e. The zero-order valence-electron chi connectivity index (χ0n) is 14.5. The Morgan fingerprint density at radius 2 is 2.18 bits per heavy atom. The molecule has 1 N–H and O–H groups in total. The van der Waals surface area contributed by atoms with Crippen molar-refractivity contribution in [3.63, 3.8) is 0 Å². The van der Waals surface area contributed by atoms with Crippen molar-refractivity contribution in [3.8, 4) is 0 Å². The maximum absolute atomic E-state index is 12.3. The Kier molecular flexibility index (Phi) is 5.87. The number of carbonyl (C=O) groups is 1. The van der Waals surface area contributed by atoms with Crippen molar-refractivity contribution >= 4 is 11.6 Å². The molecule has 1 unspecified atom stereocenters. The Hall–Kier alpha value is -1.51. The highest BCUT2D eigenvalue weighted by molar-refractivity contribution is 5.77. The van der Waals surface area contributed by atoms with E-state index >= 15 is 0 Å². The molecule has 22 heavy (non-hydrogen) atoms. The Morgan fingerprint density at radius 1 is 1.41 bits per heavy atom. The first-order valence-corrected chi connectivity index (χ1v) is 8.60. The van der Waals surface area contributed by atoms with E-state index in [1.54, 1.807) is 0 Å². The quantitative estimate of drug-likeness (QED) is 0.885. The summed E-state index contributed by atoms with van der Waals surface area (Å²) in [5.41, 5.74) is 3.79. The number of amides is 1. The van der Waals surface area contributed by atoms with Gasteiger partial charge in [-0.3, -0.25) is 4.79 Å². The smallest absolute Gasteiger partial charge is 0.224 e. The van der Waals surface area contributed by atoms with Crippen LogP contribution < -0.4 is 5.32 Å². The molecule has 122 valence electrons. The van der Waals surface area contributed by atoms with Crippen LogP contribution in [0.1, 0.15) is 57.1 Å². The first kappa shape index (κ1) is 16.9. The van der Waals surface area contributed by atoms with Gasteiger partial charge in [-0.05, 0) is 42.7 Å². The first-order valence-electron chi connectivity index (χ1n) is 8.60.